The fourth-order valence-corrected chi connectivity index (χ4v) is 0.270. The van der Waals surface area contributed by atoms with E-state index in [4.69, 9.17) is 20.4 Å². The van der Waals surface area contributed by atoms with Crippen LogP contribution in [0.25, 0.3) is 0 Å². The van der Waals surface area contributed by atoms with Crippen molar-refractivity contribution in [2.75, 3.05) is 0 Å². The van der Waals surface area contributed by atoms with Gasteiger partial charge in [-0.25, -0.2) is 9.59 Å². The molecule has 0 fully saturated rings. The van der Waals surface area contributed by atoms with E-state index in [0.29, 0.717) is 0 Å². The molecule has 0 aliphatic rings. The maximum Gasteiger partial charge on any atom is 0.335 e. The van der Waals surface area contributed by atoms with Crippen LogP contribution in [0.4, 0.5) is 0 Å². The molecule has 0 saturated carbocycles. The molecule has 0 aromatic heterocycles. The minimum atomic E-state index is -2.27. The molecule has 4 N–H and O–H groups in total. The summed E-state index contributed by atoms with van der Waals surface area (Å²) in [6.07, 6.45) is -4.53. The van der Waals surface area contributed by atoms with Crippen LogP contribution in [0.5, 0.6) is 0 Å². The van der Waals surface area contributed by atoms with Crippen LogP contribution >= 0.6 is 0 Å². The smallest absolute Gasteiger partial charge is 0.335 e. The van der Waals surface area contributed by atoms with Gasteiger partial charge in [-0.05, 0) is 0 Å². The molecule has 0 aliphatic heterocycles. The molecule has 0 aliphatic carbocycles. The van der Waals surface area contributed by atoms with Crippen LogP contribution in [0.3, 0.4) is 0 Å². The molecule has 0 amide bonds. The Morgan fingerprint density at radius 2 is 1.09 bits per heavy atom. The van der Waals surface area contributed by atoms with E-state index >= 15 is 0 Å². The van der Waals surface area contributed by atoms with Gasteiger partial charge in [0.2, 0.25) is 0 Å². The number of carbonyl (C=O) groups is 2. The van der Waals surface area contributed by atoms with Crippen molar-refractivity contribution in [3.63, 3.8) is 0 Å². The maximum atomic E-state index is 9.77. The van der Waals surface area contributed by atoms with Gasteiger partial charge in [-0.1, -0.05) is 0 Å². The Balaban J connectivity index is 0. The predicted molar refractivity (Wildman–Crippen MR) is 33.0 cm³/mol. The average molecular weight is 223 g/mol. The molecule has 0 heterocycles. The van der Waals surface area contributed by atoms with Crippen molar-refractivity contribution in [1.82, 2.24) is 0 Å². The average Bonchev–Trinajstić information content (AvgIpc) is 1.84. The Hall–Kier alpha value is -0.597. The topological polar surface area (TPSA) is 115 Å². The molecule has 0 saturated heterocycles. The fourth-order valence-electron chi connectivity index (χ4n) is 0.270. The largest absolute Gasteiger partial charge is 0.479 e. The Morgan fingerprint density at radius 1 is 0.909 bits per heavy atom. The zero-order chi connectivity index (χ0) is 8.31. The van der Waals surface area contributed by atoms with Gasteiger partial charge in [-0.15, -0.1) is 0 Å². The third-order valence-corrected chi connectivity index (χ3v) is 0.805. The summed E-state index contributed by atoms with van der Waals surface area (Å²) in [6.45, 7) is 0. The monoisotopic (exact) mass is 224 g/mol. The quantitative estimate of drug-likeness (QED) is 0.393. The van der Waals surface area contributed by atoms with Gasteiger partial charge in [-0.3, -0.25) is 0 Å². The number of carboxylic acids is 2. The van der Waals surface area contributed by atoms with E-state index in [2.05, 4.69) is 0 Å². The first-order chi connectivity index (χ1) is 4.46. The number of rotatable bonds is 3. The van der Waals surface area contributed by atoms with E-state index in [-0.39, 0.29) is 17.6 Å². The van der Waals surface area contributed by atoms with Crippen molar-refractivity contribution in [3.05, 3.63) is 0 Å². The number of carboxylic acid groups (broad SMARTS) is 2. The first kappa shape index (κ1) is 13.0. The summed E-state index contributed by atoms with van der Waals surface area (Å²) >= 11 is 0. The number of hydrogen-bond donors (Lipinski definition) is 4. The van der Waals surface area contributed by atoms with E-state index < -0.39 is 24.1 Å². The summed E-state index contributed by atoms with van der Waals surface area (Å²) in [7, 11) is 0. The van der Waals surface area contributed by atoms with Crippen molar-refractivity contribution >= 4 is 29.5 Å². The van der Waals surface area contributed by atoms with E-state index in [1.807, 2.05) is 0 Å². The zero-order valence-electron chi connectivity index (χ0n) is 5.26. The summed E-state index contributed by atoms with van der Waals surface area (Å²) in [4.78, 5) is 19.5. The van der Waals surface area contributed by atoms with Gasteiger partial charge in [0.25, 0.3) is 0 Å². The van der Waals surface area contributed by atoms with E-state index in [1.165, 1.54) is 0 Å². The van der Waals surface area contributed by atoms with Crippen molar-refractivity contribution in [3.8, 4) is 0 Å². The molecule has 2 unspecified atom stereocenters. The van der Waals surface area contributed by atoms with Gasteiger partial charge in [0.1, 0.15) is 0 Å². The first-order valence-corrected chi connectivity index (χ1v) is 2.28. The van der Waals surface area contributed by atoms with E-state index in [9.17, 15) is 9.59 Å². The van der Waals surface area contributed by atoms with Crippen LogP contribution in [-0.4, -0.2) is 62.2 Å². The number of aliphatic hydroxyl groups excluding tert-OH is 2. The molecular weight excluding hydrogens is 217 g/mol. The van der Waals surface area contributed by atoms with Crippen molar-refractivity contribution < 1.29 is 30.0 Å². The van der Waals surface area contributed by atoms with Crippen LogP contribution in [0.2, 0.25) is 0 Å². The molecule has 6 nitrogen and oxygen atoms in total. The molecule has 4 radical (unpaired) electrons. The summed E-state index contributed by atoms with van der Waals surface area (Å²) in [5, 5.41) is 32.5. The normalized spacial score (nSPS) is 14.4. The Bertz CT molecular complexity index is 139. The van der Waals surface area contributed by atoms with Crippen LogP contribution in [0.1, 0.15) is 0 Å². The summed E-state index contributed by atoms with van der Waals surface area (Å²) in [5.41, 5.74) is 0. The molecule has 62 valence electrons. The Kier molecular flexibility index (Phi) is 6.05. The standard InChI is InChI=1S/C4H6O6.Ge/c5-1(3(7)8)2(6)4(9)10;/h1-2,5-6H,(H,7,8)(H,9,10);. The van der Waals surface area contributed by atoms with Gasteiger partial charge in [0.05, 0.1) is 0 Å². The number of hydrogen-bond acceptors (Lipinski definition) is 4. The molecule has 0 spiro atoms. The van der Waals surface area contributed by atoms with Crippen LogP contribution in [0.15, 0.2) is 0 Å². The minimum absolute atomic E-state index is 0. The van der Waals surface area contributed by atoms with Gasteiger partial charge < -0.3 is 20.4 Å². The summed E-state index contributed by atoms with van der Waals surface area (Å²) < 4.78 is 0. The van der Waals surface area contributed by atoms with Crippen molar-refractivity contribution in [2.45, 2.75) is 12.2 Å². The molecule has 0 bridgehead atoms. The molecule has 7 heteroatoms. The van der Waals surface area contributed by atoms with Crippen LogP contribution in [0, 0.1) is 0 Å². The molecule has 0 aromatic carbocycles. The first-order valence-electron chi connectivity index (χ1n) is 2.28. The molecule has 2 atom stereocenters. The summed E-state index contributed by atoms with van der Waals surface area (Å²) in [5.74, 6) is -3.54. The van der Waals surface area contributed by atoms with Crippen LogP contribution in [-0.2, 0) is 9.59 Å². The van der Waals surface area contributed by atoms with Crippen molar-refractivity contribution in [1.29, 1.82) is 0 Å². The van der Waals surface area contributed by atoms with Gasteiger partial charge >= 0.3 is 11.9 Å². The van der Waals surface area contributed by atoms with Gasteiger partial charge in [0, 0.05) is 17.6 Å². The Morgan fingerprint density at radius 3 is 1.18 bits per heavy atom. The van der Waals surface area contributed by atoms with Crippen molar-refractivity contribution in [2.24, 2.45) is 0 Å². The fraction of sp³-hybridized carbons (Fsp3) is 0.500. The molecule has 0 rings (SSSR count). The maximum absolute atomic E-state index is 9.77. The predicted octanol–water partition coefficient (Wildman–Crippen LogP) is -2.50. The van der Waals surface area contributed by atoms with Crippen LogP contribution < -0.4 is 0 Å². The minimum Gasteiger partial charge on any atom is -0.479 e. The van der Waals surface area contributed by atoms with E-state index in [0.717, 1.165) is 0 Å². The second-order valence-corrected chi connectivity index (χ2v) is 1.57. The van der Waals surface area contributed by atoms with Gasteiger partial charge in [0.15, 0.2) is 12.2 Å². The zero-order valence-corrected chi connectivity index (χ0v) is 7.36. The third-order valence-electron chi connectivity index (χ3n) is 0.805. The third kappa shape index (κ3) is 3.96. The molecular formula is C4H6GeO6. The van der Waals surface area contributed by atoms with Gasteiger partial charge in [-0.2, -0.15) is 0 Å². The number of aliphatic hydroxyl groups is 2. The SMILES string of the molecule is O=C(O)C(O)C(O)C(=O)O.[Ge]. The Labute approximate surface area is 72.4 Å². The second kappa shape index (κ2) is 5.11. The second-order valence-electron chi connectivity index (χ2n) is 1.57. The molecule has 11 heavy (non-hydrogen) atoms. The number of aliphatic carboxylic acids is 2. The van der Waals surface area contributed by atoms with E-state index in [1.54, 1.807) is 0 Å². The molecule has 0 aromatic rings. The summed E-state index contributed by atoms with van der Waals surface area (Å²) in [6, 6.07) is 0.